The fourth-order valence-corrected chi connectivity index (χ4v) is 11.6. The van der Waals surface area contributed by atoms with Crippen LogP contribution >= 0.6 is 7.82 Å². The van der Waals surface area contributed by atoms with E-state index in [0.29, 0.717) is 23.9 Å². The van der Waals surface area contributed by atoms with Gasteiger partial charge in [-0.15, -0.1) is 0 Å². The first-order valence-corrected chi connectivity index (χ1v) is 38.5. The average molecular weight is 1230 g/mol. The van der Waals surface area contributed by atoms with E-state index in [0.717, 1.165) is 57.8 Å². The van der Waals surface area contributed by atoms with E-state index >= 15 is 0 Å². The molecule has 86 heavy (non-hydrogen) atoms. The van der Waals surface area contributed by atoms with Crippen molar-refractivity contribution in [1.29, 1.82) is 0 Å². The Hall–Kier alpha value is -2.29. The third-order valence-corrected chi connectivity index (χ3v) is 17.5. The largest absolute Gasteiger partial charge is 0.472 e. The molecular weight excluding hydrogens is 1090 g/mol. The predicted octanol–water partition coefficient (Wildman–Crippen LogP) is 24.2. The lowest BCUT2D eigenvalue weighted by Crippen LogP contribution is -2.37. The number of phosphoric acid groups is 1. The molecule has 1 N–H and O–H groups in total. The van der Waals surface area contributed by atoms with Crippen LogP contribution in [0, 0.1) is 0 Å². The van der Waals surface area contributed by atoms with Crippen LogP contribution in [0.15, 0.2) is 60.8 Å². The number of phosphoric ester groups is 1. The van der Waals surface area contributed by atoms with Gasteiger partial charge in [0, 0.05) is 12.8 Å². The zero-order chi connectivity index (χ0) is 62.6. The summed E-state index contributed by atoms with van der Waals surface area (Å²) in [7, 11) is 1.49. The molecule has 0 spiro atoms. The van der Waals surface area contributed by atoms with Crippen LogP contribution in [0.1, 0.15) is 361 Å². The molecule has 504 valence electrons. The molecule has 0 aliphatic heterocycles. The Bertz CT molecular complexity index is 1630. The van der Waals surface area contributed by atoms with Crippen LogP contribution in [-0.4, -0.2) is 74.9 Å². The topological polar surface area (TPSA) is 108 Å². The van der Waals surface area contributed by atoms with Gasteiger partial charge in [-0.3, -0.25) is 18.6 Å². The first-order chi connectivity index (χ1) is 42.0. The van der Waals surface area contributed by atoms with Crippen LogP contribution in [0.5, 0.6) is 0 Å². The second-order valence-corrected chi connectivity index (χ2v) is 27.8. The fourth-order valence-electron chi connectivity index (χ4n) is 10.9. The van der Waals surface area contributed by atoms with Gasteiger partial charge in [-0.2, -0.15) is 0 Å². The number of quaternary nitrogens is 1. The molecule has 0 bridgehead atoms. The van der Waals surface area contributed by atoms with Crippen molar-refractivity contribution in [2.24, 2.45) is 0 Å². The smallest absolute Gasteiger partial charge is 0.462 e. The second-order valence-electron chi connectivity index (χ2n) is 26.3. The molecule has 0 aliphatic rings. The number of likely N-dealkylation sites (N-methyl/N-ethyl adjacent to an activating group) is 1. The van der Waals surface area contributed by atoms with Gasteiger partial charge in [0.25, 0.3) is 0 Å². The number of unbranched alkanes of at least 4 members (excludes halogenated alkanes) is 45. The molecule has 2 unspecified atom stereocenters. The molecule has 10 heteroatoms. The monoisotopic (exact) mass is 1230 g/mol. The Kier molecular flexibility index (Phi) is 65.3. The van der Waals surface area contributed by atoms with Gasteiger partial charge < -0.3 is 18.9 Å². The molecule has 0 fully saturated rings. The lowest BCUT2D eigenvalue weighted by atomic mass is 10.0. The van der Waals surface area contributed by atoms with E-state index in [9.17, 15) is 19.0 Å². The van der Waals surface area contributed by atoms with Crippen molar-refractivity contribution < 1.29 is 42.1 Å². The Morgan fingerprint density at radius 3 is 1.00 bits per heavy atom. The number of carbonyl (C=O) groups is 2. The lowest BCUT2D eigenvalue weighted by Gasteiger charge is -2.24. The van der Waals surface area contributed by atoms with Gasteiger partial charge in [0.05, 0.1) is 27.7 Å². The standard InChI is InChI=1S/C76H142NO8P/c1-6-8-10-12-14-16-18-20-22-24-26-28-30-32-34-36-37-38-39-41-42-44-46-48-50-52-54-56-58-60-62-64-66-68-75(78)82-72-74(73-84-86(80,81)83-71-70-77(3,4)5)85-76(79)69-67-65-63-61-59-57-55-53-51-49-47-45-43-40-35-33-31-29-27-25-23-21-19-17-15-13-11-9-7-2/h9,11,15,17,21,23-24,26-27,29,74H,6-8,10,12-14,16,18-20,22,25,28,30-73H2,1-5H3/p+1/b11-9-,17-15-,23-21-,26-24-,29-27-. The fraction of sp³-hybridized carbons (Fsp3) is 0.842. The van der Waals surface area contributed by atoms with Crippen molar-refractivity contribution in [3.63, 3.8) is 0 Å². The summed E-state index contributed by atoms with van der Waals surface area (Å²) in [6.07, 6.45) is 89.2. The number of ether oxygens (including phenoxy) is 2. The van der Waals surface area contributed by atoms with E-state index in [1.165, 1.54) is 270 Å². The highest BCUT2D eigenvalue weighted by Crippen LogP contribution is 2.43. The number of esters is 2. The van der Waals surface area contributed by atoms with Gasteiger partial charge in [-0.25, -0.2) is 4.57 Å². The highest BCUT2D eigenvalue weighted by Gasteiger charge is 2.27. The van der Waals surface area contributed by atoms with Gasteiger partial charge in [-0.1, -0.05) is 331 Å². The summed E-state index contributed by atoms with van der Waals surface area (Å²) in [5.74, 6) is -0.779. The molecular formula is C76H143NO8P+. The minimum Gasteiger partial charge on any atom is -0.462 e. The maximum absolute atomic E-state index is 12.9. The molecule has 0 amide bonds. The first-order valence-electron chi connectivity index (χ1n) is 37.0. The van der Waals surface area contributed by atoms with E-state index in [1.54, 1.807) is 0 Å². The molecule has 0 aromatic rings. The Labute approximate surface area is 534 Å². The number of hydrogen-bond acceptors (Lipinski definition) is 7. The third kappa shape index (κ3) is 70.8. The van der Waals surface area contributed by atoms with E-state index < -0.39 is 26.5 Å². The summed E-state index contributed by atoms with van der Waals surface area (Å²) in [4.78, 5) is 35.9. The Morgan fingerprint density at radius 2 is 0.663 bits per heavy atom. The summed E-state index contributed by atoms with van der Waals surface area (Å²) in [5, 5.41) is 0. The number of allylic oxidation sites excluding steroid dienone is 10. The van der Waals surface area contributed by atoms with Gasteiger partial charge in [0.1, 0.15) is 19.8 Å². The maximum Gasteiger partial charge on any atom is 0.472 e. The maximum atomic E-state index is 12.9. The average Bonchev–Trinajstić information content (AvgIpc) is 3.67. The lowest BCUT2D eigenvalue weighted by molar-refractivity contribution is -0.870. The molecule has 0 aromatic heterocycles. The molecule has 0 heterocycles. The molecule has 0 aromatic carbocycles. The van der Waals surface area contributed by atoms with Crippen LogP contribution in [0.3, 0.4) is 0 Å². The zero-order valence-corrected chi connectivity index (χ0v) is 58.5. The van der Waals surface area contributed by atoms with E-state index in [1.807, 2.05) is 21.1 Å². The summed E-state index contributed by atoms with van der Waals surface area (Å²) in [5.41, 5.74) is 0. The molecule has 0 aliphatic carbocycles. The molecule has 0 rings (SSSR count). The summed E-state index contributed by atoms with van der Waals surface area (Å²) in [6.45, 7) is 4.38. The zero-order valence-electron chi connectivity index (χ0n) is 57.6. The molecule has 0 saturated carbocycles. The van der Waals surface area contributed by atoms with Crippen molar-refractivity contribution in [1.82, 2.24) is 0 Å². The predicted molar refractivity (Wildman–Crippen MR) is 372 cm³/mol. The number of carbonyl (C=O) groups excluding carboxylic acids is 2. The van der Waals surface area contributed by atoms with Crippen molar-refractivity contribution in [3.05, 3.63) is 60.8 Å². The first kappa shape index (κ1) is 83.7. The van der Waals surface area contributed by atoms with Crippen LogP contribution in [0.2, 0.25) is 0 Å². The normalized spacial score (nSPS) is 13.4. The number of nitrogens with zero attached hydrogens (tertiary/aromatic N) is 1. The van der Waals surface area contributed by atoms with Gasteiger partial charge in [0.2, 0.25) is 0 Å². The molecule has 2 atom stereocenters. The summed E-state index contributed by atoms with van der Waals surface area (Å²) < 4.78 is 34.8. The van der Waals surface area contributed by atoms with E-state index in [-0.39, 0.29) is 25.6 Å². The van der Waals surface area contributed by atoms with Crippen LogP contribution in [0.4, 0.5) is 0 Å². The van der Waals surface area contributed by atoms with Crippen LogP contribution in [-0.2, 0) is 32.7 Å². The van der Waals surface area contributed by atoms with Crippen molar-refractivity contribution in [2.45, 2.75) is 367 Å². The van der Waals surface area contributed by atoms with Crippen molar-refractivity contribution in [2.75, 3.05) is 47.5 Å². The van der Waals surface area contributed by atoms with Crippen LogP contribution < -0.4 is 0 Å². The molecule has 9 nitrogen and oxygen atoms in total. The number of rotatable bonds is 69. The molecule has 0 saturated heterocycles. The minimum atomic E-state index is -4.39. The number of hydrogen-bond donors (Lipinski definition) is 1. The van der Waals surface area contributed by atoms with E-state index in [2.05, 4.69) is 74.6 Å². The SMILES string of the molecule is CC/C=C\C/C=C\C/C=C\C/C=C\CCCCCCCCCCCCCCCCCCC(=O)OC(COC(=O)CCCCCCCCCCCCCCCCCCCCCCC/C=C\CCCCCCCCCC)COP(=O)(O)OCC[N+](C)(C)C. The van der Waals surface area contributed by atoms with Crippen molar-refractivity contribution in [3.8, 4) is 0 Å². The quantitative estimate of drug-likeness (QED) is 0.0211. The highest BCUT2D eigenvalue weighted by molar-refractivity contribution is 7.47. The van der Waals surface area contributed by atoms with Gasteiger partial charge in [-0.05, 0) is 77.0 Å². The van der Waals surface area contributed by atoms with Crippen LogP contribution in [0.25, 0.3) is 0 Å². The minimum absolute atomic E-state index is 0.0329. The highest BCUT2D eigenvalue weighted by atomic mass is 31.2. The molecule has 0 radical (unpaired) electrons. The van der Waals surface area contributed by atoms with Gasteiger partial charge >= 0.3 is 19.8 Å². The second kappa shape index (κ2) is 67.1. The summed E-state index contributed by atoms with van der Waals surface area (Å²) >= 11 is 0. The summed E-state index contributed by atoms with van der Waals surface area (Å²) in [6, 6.07) is 0. The Balaban J connectivity index is 3.97. The van der Waals surface area contributed by atoms with Crippen molar-refractivity contribution >= 4 is 19.8 Å². The van der Waals surface area contributed by atoms with Gasteiger partial charge in [0.15, 0.2) is 6.10 Å². The Morgan fingerprint density at radius 1 is 0.372 bits per heavy atom. The van der Waals surface area contributed by atoms with E-state index in [4.69, 9.17) is 18.5 Å². The third-order valence-electron chi connectivity index (χ3n) is 16.5.